The summed E-state index contributed by atoms with van der Waals surface area (Å²) in [6.45, 7) is 0.152. The van der Waals surface area contributed by atoms with Crippen molar-refractivity contribution >= 4 is 21.7 Å². The highest BCUT2D eigenvalue weighted by Crippen LogP contribution is 2.36. The molecular formula is C15H11N3O4S. The van der Waals surface area contributed by atoms with Gasteiger partial charge in [0.2, 0.25) is 0 Å². The minimum Gasteiger partial charge on any atom is -0.478 e. The van der Waals surface area contributed by atoms with Crippen molar-refractivity contribution in [1.82, 2.24) is 4.98 Å². The second kappa shape index (κ2) is 5.37. The van der Waals surface area contributed by atoms with Gasteiger partial charge in [-0.1, -0.05) is 12.1 Å². The van der Waals surface area contributed by atoms with Gasteiger partial charge < -0.3 is 5.11 Å². The molecule has 3 rings (SSSR count). The Morgan fingerprint density at radius 3 is 2.83 bits per heavy atom. The van der Waals surface area contributed by atoms with Crippen molar-refractivity contribution < 1.29 is 18.3 Å². The van der Waals surface area contributed by atoms with E-state index in [1.54, 1.807) is 12.1 Å². The van der Waals surface area contributed by atoms with Gasteiger partial charge in [0.15, 0.2) is 0 Å². The van der Waals surface area contributed by atoms with Crippen molar-refractivity contribution in [2.24, 2.45) is 0 Å². The first-order valence-corrected chi connectivity index (χ1v) is 8.12. The Kier molecular flexibility index (Phi) is 3.50. The lowest BCUT2D eigenvalue weighted by molar-refractivity contribution is 0.0698. The van der Waals surface area contributed by atoms with Crippen LogP contribution < -0.4 is 4.31 Å². The molecule has 0 bridgehead atoms. The third kappa shape index (κ3) is 2.41. The second-order valence-corrected chi connectivity index (χ2v) is 6.83. The van der Waals surface area contributed by atoms with E-state index in [9.17, 15) is 18.3 Å². The van der Waals surface area contributed by atoms with Crippen LogP contribution in [-0.2, 0) is 16.4 Å². The number of aromatic carboxylic acids is 1. The number of fused-ring (bicyclic) bond motifs is 1. The molecule has 0 radical (unpaired) electrons. The summed E-state index contributed by atoms with van der Waals surface area (Å²) < 4.78 is 26.7. The molecule has 1 aromatic carbocycles. The smallest absolute Gasteiger partial charge is 0.337 e. The van der Waals surface area contributed by atoms with E-state index in [0.717, 1.165) is 10.5 Å². The van der Waals surface area contributed by atoms with E-state index < -0.39 is 16.0 Å². The molecule has 0 fully saturated rings. The predicted octanol–water partition coefficient (Wildman–Crippen LogP) is 1.40. The fraction of sp³-hybridized carbons (Fsp3) is 0.133. The van der Waals surface area contributed by atoms with Gasteiger partial charge in [0, 0.05) is 18.9 Å². The molecule has 0 saturated heterocycles. The molecule has 0 amide bonds. The van der Waals surface area contributed by atoms with Crippen LogP contribution in [0.25, 0.3) is 0 Å². The lowest BCUT2D eigenvalue weighted by atomic mass is 10.1. The van der Waals surface area contributed by atoms with Crippen molar-refractivity contribution in [3.63, 3.8) is 0 Å². The number of aromatic nitrogens is 1. The molecule has 1 aromatic heterocycles. The zero-order chi connectivity index (χ0) is 16.6. The van der Waals surface area contributed by atoms with Crippen LogP contribution in [0.3, 0.4) is 0 Å². The van der Waals surface area contributed by atoms with E-state index in [2.05, 4.69) is 4.98 Å². The maximum Gasteiger partial charge on any atom is 0.337 e. The first-order valence-electron chi connectivity index (χ1n) is 6.68. The van der Waals surface area contributed by atoms with Gasteiger partial charge in [-0.3, -0.25) is 9.29 Å². The maximum atomic E-state index is 12.8. The lowest BCUT2D eigenvalue weighted by Gasteiger charge is -2.21. The van der Waals surface area contributed by atoms with E-state index >= 15 is 0 Å². The van der Waals surface area contributed by atoms with Crippen LogP contribution in [0.5, 0.6) is 0 Å². The van der Waals surface area contributed by atoms with E-state index in [0.29, 0.717) is 12.0 Å². The number of carbonyl (C=O) groups is 1. The Hall–Kier alpha value is -2.92. The predicted molar refractivity (Wildman–Crippen MR) is 80.6 cm³/mol. The molecular weight excluding hydrogens is 318 g/mol. The number of nitrogens with zero attached hydrogens (tertiary/aromatic N) is 3. The summed E-state index contributed by atoms with van der Waals surface area (Å²) >= 11 is 0. The number of rotatable bonds is 3. The number of pyridine rings is 1. The fourth-order valence-corrected chi connectivity index (χ4v) is 4.09. The summed E-state index contributed by atoms with van der Waals surface area (Å²) in [7, 11) is -3.98. The van der Waals surface area contributed by atoms with Crippen molar-refractivity contribution in [1.29, 1.82) is 5.26 Å². The third-order valence-electron chi connectivity index (χ3n) is 3.61. The van der Waals surface area contributed by atoms with Gasteiger partial charge in [0.1, 0.15) is 11.0 Å². The molecule has 0 spiro atoms. The van der Waals surface area contributed by atoms with Crippen LogP contribution in [0.4, 0.5) is 5.69 Å². The van der Waals surface area contributed by atoms with Crippen molar-refractivity contribution in [2.45, 2.75) is 11.3 Å². The second-order valence-electron chi connectivity index (χ2n) is 4.97. The Morgan fingerprint density at radius 1 is 1.35 bits per heavy atom. The molecule has 0 aliphatic carbocycles. The summed E-state index contributed by atoms with van der Waals surface area (Å²) in [5.74, 6) is -1.19. The summed E-state index contributed by atoms with van der Waals surface area (Å²) in [6, 6.07) is 7.74. The average molecular weight is 329 g/mol. The monoisotopic (exact) mass is 329 g/mol. The van der Waals surface area contributed by atoms with Crippen LogP contribution in [0.1, 0.15) is 21.5 Å². The number of anilines is 1. The van der Waals surface area contributed by atoms with Gasteiger partial charge in [-0.2, -0.15) is 5.26 Å². The molecule has 8 heteroatoms. The molecule has 2 aromatic rings. The summed E-state index contributed by atoms with van der Waals surface area (Å²) in [4.78, 5) is 15.0. The summed E-state index contributed by atoms with van der Waals surface area (Å²) in [5.41, 5.74) is 0.908. The number of para-hydroxylation sites is 1. The van der Waals surface area contributed by atoms with Crippen LogP contribution in [0.2, 0.25) is 0 Å². The van der Waals surface area contributed by atoms with E-state index in [-0.39, 0.29) is 28.3 Å². The van der Waals surface area contributed by atoms with Crippen LogP contribution in [0, 0.1) is 11.3 Å². The normalized spacial score (nSPS) is 13.4. The van der Waals surface area contributed by atoms with Crippen LogP contribution >= 0.6 is 0 Å². The fourth-order valence-electron chi connectivity index (χ4n) is 2.58. The van der Waals surface area contributed by atoms with E-state index in [1.807, 2.05) is 6.07 Å². The number of sulfonamides is 1. The molecule has 116 valence electrons. The van der Waals surface area contributed by atoms with Gasteiger partial charge in [0.25, 0.3) is 10.0 Å². The van der Waals surface area contributed by atoms with Crippen LogP contribution in [-0.4, -0.2) is 31.0 Å². The van der Waals surface area contributed by atoms with Crippen molar-refractivity contribution in [3.05, 3.63) is 53.3 Å². The first kappa shape index (κ1) is 15.0. The molecule has 7 nitrogen and oxygen atoms in total. The summed E-state index contributed by atoms with van der Waals surface area (Å²) in [5, 5.41) is 18.2. The van der Waals surface area contributed by atoms with Gasteiger partial charge in [-0.25, -0.2) is 13.2 Å². The average Bonchev–Trinajstić information content (AvgIpc) is 2.99. The molecule has 0 unspecified atom stereocenters. The van der Waals surface area contributed by atoms with Gasteiger partial charge in [-0.05, 0) is 24.1 Å². The Bertz CT molecular complexity index is 947. The maximum absolute atomic E-state index is 12.8. The van der Waals surface area contributed by atoms with Gasteiger partial charge in [0.05, 0.1) is 16.8 Å². The molecule has 0 atom stereocenters. The molecule has 1 N–H and O–H groups in total. The topological polar surface area (TPSA) is 111 Å². The quantitative estimate of drug-likeness (QED) is 0.911. The zero-order valence-electron chi connectivity index (χ0n) is 11.8. The highest BCUT2D eigenvalue weighted by atomic mass is 32.2. The third-order valence-corrected chi connectivity index (χ3v) is 5.38. The van der Waals surface area contributed by atoms with Crippen molar-refractivity contribution in [2.75, 3.05) is 10.8 Å². The standard InChI is InChI=1S/C15H11N3O4S/c16-7-10-6-12(9-17-8-10)23(21,22)18-5-4-11-2-1-3-13(14(11)18)15(19)20/h1-3,6,8-9H,4-5H2,(H,19,20). The lowest BCUT2D eigenvalue weighted by Crippen LogP contribution is -2.30. The molecule has 23 heavy (non-hydrogen) atoms. The number of hydrogen-bond donors (Lipinski definition) is 1. The Balaban J connectivity index is 2.15. The van der Waals surface area contributed by atoms with Crippen molar-refractivity contribution in [3.8, 4) is 6.07 Å². The SMILES string of the molecule is N#Cc1cncc(S(=O)(=O)N2CCc3cccc(C(=O)O)c32)c1. The number of carboxylic acids is 1. The molecule has 1 aliphatic heterocycles. The van der Waals surface area contributed by atoms with E-state index in [1.165, 1.54) is 18.3 Å². The zero-order valence-corrected chi connectivity index (χ0v) is 12.6. The number of carboxylic acid groups (broad SMARTS) is 1. The van der Waals surface area contributed by atoms with E-state index in [4.69, 9.17) is 5.26 Å². The Labute approximate surface area is 132 Å². The minimum atomic E-state index is -3.98. The van der Waals surface area contributed by atoms with Gasteiger partial charge in [-0.15, -0.1) is 0 Å². The first-order chi connectivity index (χ1) is 10.9. The summed E-state index contributed by atoms with van der Waals surface area (Å²) in [6.07, 6.45) is 2.85. The highest BCUT2D eigenvalue weighted by Gasteiger charge is 2.34. The highest BCUT2D eigenvalue weighted by molar-refractivity contribution is 7.92. The largest absolute Gasteiger partial charge is 0.478 e. The molecule has 0 saturated carbocycles. The number of benzene rings is 1. The number of nitriles is 1. The number of hydrogen-bond acceptors (Lipinski definition) is 5. The van der Waals surface area contributed by atoms with Gasteiger partial charge >= 0.3 is 5.97 Å². The molecule has 1 aliphatic rings. The molecule has 2 heterocycles. The van der Waals surface area contributed by atoms with Crippen LogP contribution in [0.15, 0.2) is 41.6 Å². The minimum absolute atomic E-state index is 0.0621. The Morgan fingerprint density at radius 2 is 2.13 bits per heavy atom.